The lowest BCUT2D eigenvalue weighted by atomic mass is 10.1. The first-order chi connectivity index (χ1) is 9.54. The van der Waals surface area contributed by atoms with Crippen LogP contribution in [0, 0.1) is 17.2 Å². The maximum Gasteiger partial charge on any atom is 0.337 e. The molecule has 1 saturated carbocycles. The third-order valence-electron chi connectivity index (χ3n) is 3.78. The summed E-state index contributed by atoms with van der Waals surface area (Å²) in [4.78, 5) is 10.5. The minimum Gasteiger partial charge on any atom is -0.478 e. The number of carboxylic acids is 1. The quantitative estimate of drug-likeness (QED) is 0.866. The van der Waals surface area contributed by atoms with Crippen molar-refractivity contribution in [3.63, 3.8) is 0 Å². The Kier molecular flexibility index (Phi) is 4.03. The van der Waals surface area contributed by atoms with Gasteiger partial charge < -0.3 is 5.11 Å². The SMILES string of the molecule is CC1(C)CC1CNS(=O)(=O)c1cc(F)c(Cl)c(C(=O)O)c1. The zero-order chi connectivity index (χ0) is 16.0. The topological polar surface area (TPSA) is 83.5 Å². The number of hydrogen-bond acceptors (Lipinski definition) is 3. The first-order valence-electron chi connectivity index (χ1n) is 6.26. The molecule has 0 heterocycles. The van der Waals surface area contributed by atoms with Gasteiger partial charge in [0, 0.05) is 6.54 Å². The minimum absolute atomic E-state index is 0.0972. The average Bonchev–Trinajstić information content (AvgIpc) is 2.97. The summed E-state index contributed by atoms with van der Waals surface area (Å²) < 4.78 is 40.2. The predicted octanol–water partition coefficient (Wildman–Crippen LogP) is 2.50. The lowest BCUT2D eigenvalue weighted by Crippen LogP contribution is -2.27. The molecule has 1 aromatic rings. The third kappa shape index (κ3) is 3.36. The molecule has 0 aromatic heterocycles. The van der Waals surface area contributed by atoms with Crippen LogP contribution in [0.3, 0.4) is 0 Å². The van der Waals surface area contributed by atoms with Gasteiger partial charge >= 0.3 is 5.97 Å². The van der Waals surface area contributed by atoms with Crippen molar-refractivity contribution in [2.45, 2.75) is 25.2 Å². The molecule has 1 aliphatic rings. The summed E-state index contributed by atoms with van der Waals surface area (Å²) in [6, 6.07) is 1.57. The van der Waals surface area contributed by atoms with Crippen molar-refractivity contribution in [2.75, 3.05) is 6.54 Å². The number of nitrogens with one attached hydrogen (secondary N) is 1. The van der Waals surface area contributed by atoms with Gasteiger partial charge in [-0.3, -0.25) is 0 Å². The van der Waals surface area contributed by atoms with Crippen molar-refractivity contribution in [2.24, 2.45) is 11.3 Å². The van der Waals surface area contributed by atoms with Gasteiger partial charge in [0.15, 0.2) is 0 Å². The molecule has 1 atom stereocenters. The Bertz CT molecular complexity index is 702. The molecule has 21 heavy (non-hydrogen) atoms. The number of carbonyl (C=O) groups is 1. The van der Waals surface area contributed by atoms with E-state index in [1.54, 1.807) is 0 Å². The molecule has 5 nitrogen and oxygen atoms in total. The van der Waals surface area contributed by atoms with Crippen LogP contribution in [-0.4, -0.2) is 26.0 Å². The van der Waals surface area contributed by atoms with E-state index >= 15 is 0 Å². The van der Waals surface area contributed by atoms with Gasteiger partial charge in [-0.1, -0.05) is 25.4 Å². The molecule has 0 radical (unpaired) electrons. The Labute approximate surface area is 127 Å². The van der Waals surface area contributed by atoms with Gasteiger partial charge in [0.2, 0.25) is 10.0 Å². The molecule has 2 rings (SSSR count). The van der Waals surface area contributed by atoms with Crippen molar-refractivity contribution in [1.29, 1.82) is 0 Å². The molecule has 1 fully saturated rings. The van der Waals surface area contributed by atoms with Crippen molar-refractivity contribution in [3.05, 3.63) is 28.5 Å². The summed E-state index contributed by atoms with van der Waals surface area (Å²) in [5, 5.41) is 8.30. The zero-order valence-electron chi connectivity index (χ0n) is 11.5. The highest BCUT2D eigenvalue weighted by Crippen LogP contribution is 2.51. The largest absolute Gasteiger partial charge is 0.478 e. The molecule has 116 valence electrons. The van der Waals surface area contributed by atoms with Crippen LogP contribution in [0.4, 0.5) is 4.39 Å². The summed E-state index contributed by atoms with van der Waals surface area (Å²) >= 11 is 5.51. The van der Waals surface area contributed by atoms with Crippen molar-refractivity contribution < 1.29 is 22.7 Å². The highest BCUT2D eigenvalue weighted by atomic mass is 35.5. The van der Waals surface area contributed by atoms with Gasteiger partial charge in [-0.15, -0.1) is 0 Å². The average molecular weight is 336 g/mol. The lowest BCUT2D eigenvalue weighted by molar-refractivity contribution is 0.0696. The van der Waals surface area contributed by atoms with E-state index in [9.17, 15) is 17.6 Å². The maximum absolute atomic E-state index is 13.6. The van der Waals surface area contributed by atoms with Crippen LogP contribution in [0.2, 0.25) is 5.02 Å². The summed E-state index contributed by atoms with van der Waals surface area (Å²) in [7, 11) is -3.97. The Morgan fingerprint density at radius 3 is 2.57 bits per heavy atom. The van der Waals surface area contributed by atoms with Crippen LogP contribution in [0.15, 0.2) is 17.0 Å². The Morgan fingerprint density at radius 2 is 2.10 bits per heavy atom. The highest BCUT2D eigenvalue weighted by Gasteiger charge is 2.45. The van der Waals surface area contributed by atoms with E-state index in [1.807, 2.05) is 13.8 Å². The summed E-state index contributed by atoms with van der Waals surface area (Å²) in [5.74, 6) is -2.34. The molecule has 8 heteroatoms. The van der Waals surface area contributed by atoms with Crippen LogP contribution in [0.25, 0.3) is 0 Å². The number of benzene rings is 1. The summed E-state index contributed by atoms with van der Waals surface area (Å²) in [6.07, 6.45) is 0.908. The van der Waals surface area contributed by atoms with Crippen molar-refractivity contribution in [3.8, 4) is 0 Å². The van der Waals surface area contributed by atoms with Gasteiger partial charge in [-0.25, -0.2) is 22.3 Å². The lowest BCUT2D eigenvalue weighted by Gasteiger charge is -2.10. The van der Waals surface area contributed by atoms with Crippen LogP contribution in [0.5, 0.6) is 0 Å². The van der Waals surface area contributed by atoms with Crippen LogP contribution in [0.1, 0.15) is 30.6 Å². The first-order valence-corrected chi connectivity index (χ1v) is 8.13. The molecule has 0 aliphatic heterocycles. The van der Waals surface area contributed by atoms with Gasteiger partial charge in [-0.05, 0) is 29.9 Å². The fourth-order valence-corrected chi connectivity index (χ4v) is 3.40. The number of aromatic carboxylic acids is 1. The molecule has 0 amide bonds. The minimum atomic E-state index is -3.97. The molecule has 0 saturated heterocycles. The monoisotopic (exact) mass is 335 g/mol. The van der Waals surface area contributed by atoms with Gasteiger partial charge in [0.1, 0.15) is 5.82 Å². The second-order valence-electron chi connectivity index (χ2n) is 5.81. The van der Waals surface area contributed by atoms with E-state index < -0.39 is 37.3 Å². The van der Waals surface area contributed by atoms with Gasteiger partial charge in [-0.2, -0.15) is 0 Å². The summed E-state index contributed by atoms with van der Waals surface area (Å²) in [5.41, 5.74) is -0.483. The first kappa shape index (κ1) is 16.2. The van der Waals surface area contributed by atoms with E-state index in [0.717, 1.165) is 18.6 Å². The van der Waals surface area contributed by atoms with Crippen molar-refractivity contribution >= 4 is 27.6 Å². The van der Waals surface area contributed by atoms with E-state index in [4.69, 9.17) is 16.7 Å². The van der Waals surface area contributed by atoms with E-state index in [1.165, 1.54) is 0 Å². The number of hydrogen-bond donors (Lipinski definition) is 2. The highest BCUT2D eigenvalue weighted by molar-refractivity contribution is 7.89. The van der Waals surface area contributed by atoms with Crippen LogP contribution in [-0.2, 0) is 10.0 Å². The molecule has 0 spiro atoms. The Morgan fingerprint density at radius 1 is 1.52 bits per heavy atom. The molecule has 2 N–H and O–H groups in total. The predicted molar refractivity (Wildman–Crippen MR) is 75.4 cm³/mol. The van der Waals surface area contributed by atoms with Crippen LogP contribution < -0.4 is 4.72 Å². The van der Waals surface area contributed by atoms with Gasteiger partial charge in [0.25, 0.3) is 0 Å². The Balaban J connectivity index is 2.26. The number of halogens is 2. The molecule has 1 aliphatic carbocycles. The second-order valence-corrected chi connectivity index (χ2v) is 7.96. The van der Waals surface area contributed by atoms with E-state index in [-0.39, 0.29) is 17.9 Å². The summed E-state index contributed by atoms with van der Waals surface area (Å²) in [6.45, 7) is 4.29. The van der Waals surface area contributed by atoms with Gasteiger partial charge in [0.05, 0.1) is 15.5 Å². The number of carboxylic acid groups (broad SMARTS) is 1. The smallest absolute Gasteiger partial charge is 0.337 e. The third-order valence-corrected chi connectivity index (χ3v) is 5.57. The Hall–Kier alpha value is -1.18. The molecule has 1 unspecified atom stereocenters. The fraction of sp³-hybridized carbons (Fsp3) is 0.462. The molecule has 0 bridgehead atoms. The zero-order valence-corrected chi connectivity index (χ0v) is 13.1. The second kappa shape index (κ2) is 5.23. The molecule has 1 aromatic carbocycles. The number of sulfonamides is 1. The van der Waals surface area contributed by atoms with Crippen molar-refractivity contribution in [1.82, 2.24) is 4.72 Å². The van der Waals surface area contributed by atoms with E-state index in [2.05, 4.69) is 4.72 Å². The molecular formula is C13H15ClFNO4S. The normalized spacial score (nSPS) is 20.3. The maximum atomic E-state index is 13.6. The van der Waals surface area contributed by atoms with Crippen LogP contribution >= 0.6 is 11.6 Å². The molecular weight excluding hydrogens is 321 g/mol. The standard InChI is InChI=1S/C13H15ClFNO4S/c1-13(2)5-7(13)6-16-21(19,20)8-3-9(12(17)18)11(14)10(15)4-8/h3-4,7,16H,5-6H2,1-2H3,(H,17,18). The number of rotatable bonds is 5. The van der Waals surface area contributed by atoms with E-state index in [0.29, 0.717) is 0 Å². The fourth-order valence-electron chi connectivity index (χ4n) is 2.09.